The molecule has 0 saturated carbocycles. The summed E-state index contributed by atoms with van der Waals surface area (Å²) >= 11 is 0. The molecule has 0 amide bonds. The van der Waals surface area contributed by atoms with Crippen LogP contribution in [0.3, 0.4) is 0 Å². The first-order valence-corrected chi connectivity index (χ1v) is 4.07. The lowest BCUT2D eigenvalue weighted by atomic mass is 9.99. The molecule has 0 aromatic heterocycles. The van der Waals surface area contributed by atoms with Crippen LogP contribution in [-0.2, 0) is 9.53 Å². The molecular weight excluding hydrogens is 158 g/mol. The Morgan fingerprint density at radius 2 is 2.25 bits per heavy atom. The molecule has 0 aromatic rings. The van der Waals surface area contributed by atoms with Crippen molar-refractivity contribution in [2.45, 2.75) is 25.8 Å². The number of ether oxygens (including phenoxy) is 1. The lowest BCUT2D eigenvalue weighted by Crippen LogP contribution is -2.48. The van der Waals surface area contributed by atoms with Crippen LogP contribution in [0.15, 0.2) is 0 Å². The van der Waals surface area contributed by atoms with Crippen molar-refractivity contribution >= 4 is 5.97 Å². The molecule has 1 atom stereocenters. The minimum absolute atomic E-state index is 0.472. The fraction of sp³-hybridized carbons (Fsp3) is 0.875. The zero-order valence-electron chi connectivity index (χ0n) is 7.89. The lowest BCUT2D eigenvalue weighted by molar-refractivity contribution is -0.144. The van der Waals surface area contributed by atoms with Crippen LogP contribution in [0.25, 0.3) is 0 Å². The van der Waals surface area contributed by atoms with Crippen molar-refractivity contribution in [2.24, 2.45) is 0 Å². The van der Waals surface area contributed by atoms with Gasteiger partial charge in [-0.2, -0.15) is 0 Å². The highest BCUT2D eigenvalue weighted by molar-refractivity contribution is 5.78. The van der Waals surface area contributed by atoms with Crippen molar-refractivity contribution in [1.82, 2.24) is 5.32 Å². The molecule has 1 unspecified atom stereocenters. The van der Waals surface area contributed by atoms with Crippen molar-refractivity contribution < 1.29 is 14.6 Å². The quantitative estimate of drug-likeness (QED) is 0.576. The van der Waals surface area contributed by atoms with E-state index in [4.69, 9.17) is 9.84 Å². The number of aliphatic carboxylic acids is 1. The molecule has 0 radical (unpaired) electrons. The highest BCUT2D eigenvalue weighted by atomic mass is 16.5. The number of carbonyl (C=O) groups is 1. The summed E-state index contributed by atoms with van der Waals surface area (Å²) in [6.45, 7) is 4.63. The molecule has 4 heteroatoms. The summed E-state index contributed by atoms with van der Waals surface area (Å²) in [5.41, 5.74) is -0.866. The Morgan fingerprint density at radius 1 is 1.67 bits per heavy atom. The summed E-state index contributed by atoms with van der Waals surface area (Å²) in [6.07, 6.45) is 0.479. The smallest absolute Gasteiger partial charge is 0.323 e. The van der Waals surface area contributed by atoms with Crippen LogP contribution in [0.2, 0.25) is 0 Å². The van der Waals surface area contributed by atoms with Gasteiger partial charge in [-0.25, -0.2) is 0 Å². The third-order valence-corrected chi connectivity index (χ3v) is 1.97. The van der Waals surface area contributed by atoms with Gasteiger partial charge in [-0.3, -0.25) is 4.79 Å². The number of likely N-dealkylation sites (N-methyl/N-ethyl adjacent to an activating group) is 1. The van der Waals surface area contributed by atoms with Gasteiger partial charge >= 0.3 is 5.97 Å². The Kier molecular flexibility index (Phi) is 4.85. The lowest BCUT2D eigenvalue weighted by Gasteiger charge is -2.23. The number of hydrogen-bond donors (Lipinski definition) is 2. The highest BCUT2D eigenvalue weighted by Gasteiger charge is 2.30. The fourth-order valence-electron chi connectivity index (χ4n) is 0.759. The third-order valence-electron chi connectivity index (χ3n) is 1.97. The zero-order valence-corrected chi connectivity index (χ0v) is 7.89. The van der Waals surface area contributed by atoms with E-state index in [1.54, 1.807) is 14.0 Å². The van der Waals surface area contributed by atoms with Gasteiger partial charge in [0.1, 0.15) is 5.54 Å². The zero-order chi connectivity index (χ0) is 9.61. The van der Waals surface area contributed by atoms with Gasteiger partial charge in [0, 0.05) is 13.2 Å². The van der Waals surface area contributed by atoms with E-state index in [9.17, 15) is 4.79 Å². The molecule has 12 heavy (non-hydrogen) atoms. The molecule has 0 rings (SSSR count). The van der Waals surface area contributed by atoms with Gasteiger partial charge in [0.15, 0.2) is 0 Å². The van der Waals surface area contributed by atoms with Crippen molar-refractivity contribution in [1.29, 1.82) is 0 Å². The maximum Gasteiger partial charge on any atom is 0.323 e. The van der Waals surface area contributed by atoms with Crippen molar-refractivity contribution in [3.05, 3.63) is 0 Å². The summed E-state index contributed by atoms with van der Waals surface area (Å²) in [4.78, 5) is 10.7. The Balaban J connectivity index is 3.88. The Hall–Kier alpha value is -0.610. The van der Waals surface area contributed by atoms with E-state index in [0.717, 1.165) is 0 Å². The van der Waals surface area contributed by atoms with Crippen LogP contribution in [0.1, 0.15) is 20.3 Å². The van der Waals surface area contributed by atoms with Gasteiger partial charge in [0.2, 0.25) is 0 Å². The topological polar surface area (TPSA) is 58.6 Å². The van der Waals surface area contributed by atoms with E-state index in [1.165, 1.54) is 0 Å². The average Bonchev–Trinajstić information content (AvgIpc) is 2.04. The molecule has 0 bridgehead atoms. The number of rotatable bonds is 6. The standard InChI is InChI=1S/C8H17NO3/c1-4-12-6-5-8(2,9-3)7(10)11/h9H,4-6H2,1-3H3,(H,10,11). The largest absolute Gasteiger partial charge is 0.480 e. The first-order valence-electron chi connectivity index (χ1n) is 4.07. The van der Waals surface area contributed by atoms with E-state index in [-0.39, 0.29) is 0 Å². The average molecular weight is 175 g/mol. The Morgan fingerprint density at radius 3 is 2.58 bits per heavy atom. The first kappa shape index (κ1) is 11.4. The summed E-state index contributed by atoms with van der Waals surface area (Å²) in [6, 6.07) is 0. The molecule has 0 aliphatic heterocycles. The molecule has 0 aliphatic rings. The number of nitrogens with one attached hydrogen (secondary N) is 1. The van der Waals surface area contributed by atoms with Gasteiger partial charge in [-0.15, -0.1) is 0 Å². The molecule has 0 spiro atoms. The molecular formula is C8H17NO3. The first-order chi connectivity index (χ1) is 5.56. The minimum Gasteiger partial charge on any atom is -0.480 e. The van der Waals surface area contributed by atoms with E-state index in [2.05, 4.69) is 5.32 Å². The Labute approximate surface area is 72.9 Å². The van der Waals surface area contributed by atoms with Crippen LogP contribution in [0.4, 0.5) is 0 Å². The van der Waals surface area contributed by atoms with Gasteiger partial charge < -0.3 is 15.2 Å². The predicted octanol–water partition coefficient (Wildman–Crippen LogP) is 0.476. The number of carboxylic acids is 1. The second kappa shape index (κ2) is 5.11. The van der Waals surface area contributed by atoms with Crippen LogP contribution in [0.5, 0.6) is 0 Å². The number of hydrogen-bond acceptors (Lipinski definition) is 3. The SMILES string of the molecule is CCOCCC(C)(NC)C(=O)O. The maximum absolute atomic E-state index is 10.7. The highest BCUT2D eigenvalue weighted by Crippen LogP contribution is 2.08. The molecule has 72 valence electrons. The Bertz CT molecular complexity index is 149. The molecule has 0 aliphatic carbocycles. The number of carboxylic acid groups (broad SMARTS) is 1. The van der Waals surface area contributed by atoms with Gasteiger partial charge in [0.25, 0.3) is 0 Å². The van der Waals surface area contributed by atoms with Gasteiger partial charge in [0.05, 0.1) is 0 Å². The van der Waals surface area contributed by atoms with E-state index in [0.29, 0.717) is 19.6 Å². The van der Waals surface area contributed by atoms with Gasteiger partial charge in [-0.1, -0.05) is 0 Å². The van der Waals surface area contributed by atoms with Crippen molar-refractivity contribution in [3.63, 3.8) is 0 Å². The summed E-state index contributed by atoms with van der Waals surface area (Å²) in [5.74, 6) is -0.843. The van der Waals surface area contributed by atoms with Gasteiger partial charge in [-0.05, 0) is 27.3 Å². The van der Waals surface area contributed by atoms with Crippen LogP contribution >= 0.6 is 0 Å². The minimum atomic E-state index is -0.866. The molecule has 0 heterocycles. The van der Waals surface area contributed by atoms with Crippen molar-refractivity contribution in [3.8, 4) is 0 Å². The van der Waals surface area contributed by atoms with E-state index >= 15 is 0 Å². The second-order valence-corrected chi connectivity index (χ2v) is 2.83. The maximum atomic E-state index is 10.7. The molecule has 0 aromatic carbocycles. The van der Waals surface area contributed by atoms with E-state index < -0.39 is 11.5 Å². The fourth-order valence-corrected chi connectivity index (χ4v) is 0.759. The second-order valence-electron chi connectivity index (χ2n) is 2.83. The van der Waals surface area contributed by atoms with Crippen LogP contribution in [-0.4, -0.2) is 36.9 Å². The molecule has 4 nitrogen and oxygen atoms in total. The van der Waals surface area contributed by atoms with Crippen LogP contribution in [0, 0.1) is 0 Å². The van der Waals surface area contributed by atoms with Crippen LogP contribution < -0.4 is 5.32 Å². The normalized spacial score (nSPS) is 15.6. The third kappa shape index (κ3) is 3.19. The summed E-state index contributed by atoms with van der Waals surface area (Å²) in [5, 5.41) is 11.6. The molecule has 0 saturated heterocycles. The summed E-state index contributed by atoms with van der Waals surface area (Å²) in [7, 11) is 1.64. The van der Waals surface area contributed by atoms with Crippen molar-refractivity contribution in [2.75, 3.05) is 20.3 Å². The predicted molar refractivity (Wildman–Crippen MR) is 46.2 cm³/mol. The molecule has 0 fully saturated rings. The van der Waals surface area contributed by atoms with E-state index in [1.807, 2.05) is 6.92 Å². The monoisotopic (exact) mass is 175 g/mol. The summed E-state index contributed by atoms with van der Waals surface area (Å²) < 4.78 is 5.08. The molecule has 2 N–H and O–H groups in total.